The number of aliphatic hydroxyl groups is 3. The Labute approximate surface area is 195 Å². The second kappa shape index (κ2) is 8.64. The fourth-order valence-corrected chi connectivity index (χ4v) is 9.18. The van der Waals surface area contributed by atoms with Crippen LogP contribution < -0.4 is 0 Å². The summed E-state index contributed by atoms with van der Waals surface area (Å²) in [4.78, 5) is 13.3. The highest BCUT2D eigenvalue weighted by Crippen LogP contribution is 2.67. The first-order valence-corrected chi connectivity index (χ1v) is 13.5. The molecule has 184 valence electrons. The van der Waals surface area contributed by atoms with Gasteiger partial charge in [-0.1, -0.05) is 41.5 Å². The molecule has 0 bridgehead atoms. The Kier molecular flexibility index (Phi) is 6.66. The number of fused-ring (bicyclic) bond motifs is 5. The van der Waals surface area contributed by atoms with Gasteiger partial charge in [0.05, 0.1) is 18.3 Å². The van der Waals surface area contributed by atoms with Crippen molar-refractivity contribution in [2.24, 2.45) is 58.2 Å². The van der Waals surface area contributed by atoms with E-state index in [1.54, 1.807) is 0 Å². The van der Waals surface area contributed by atoms with Gasteiger partial charge in [-0.05, 0) is 97.2 Å². The van der Waals surface area contributed by atoms with Crippen LogP contribution in [0.15, 0.2) is 0 Å². The minimum absolute atomic E-state index is 0.0440. The number of hydrogen-bond acceptors (Lipinski definition) is 4. The van der Waals surface area contributed by atoms with Gasteiger partial charge < -0.3 is 15.3 Å². The maximum absolute atomic E-state index is 13.3. The van der Waals surface area contributed by atoms with Crippen LogP contribution in [-0.2, 0) is 4.79 Å². The Hall–Kier alpha value is -0.450. The van der Waals surface area contributed by atoms with E-state index in [0.29, 0.717) is 48.2 Å². The Bertz CT molecular complexity index is 706. The van der Waals surface area contributed by atoms with Gasteiger partial charge in [-0.15, -0.1) is 0 Å². The second-order valence-corrected chi connectivity index (χ2v) is 13.2. The zero-order valence-corrected chi connectivity index (χ0v) is 21.3. The molecule has 4 fully saturated rings. The van der Waals surface area contributed by atoms with Crippen LogP contribution in [-0.4, -0.2) is 39.4 Å². The average Bonchev–Trinajstić information content (AvgIpc) is 3.10. The van der Waals surface area contributed by atoms with Gasteiger partial charge in [0.2, 0.25) is 0 Å². The molecule has 4 saturated carbocycles. The van der Waals surface area contributed by atoms with E-state index in [1.807, 2.05) is 6.92 Å². The summed E-state index contributed by atoms with van der Waals surface area (Å²) in [5, 5.41) is 32.2. The molecule has 0 aromatic heterocycles. The molecule has 0 aromatic rings. The number of ketones is 1. The van der Waals surface area contributed by atoms with E-state index >= 15 is 0 Å². The molecule has 4 heteroatoms. The minimum atomic E-state index is -0.694. The molecule has 0 aromatic carbocycles. The molecule has 4 nitrogen and oxygen atoms in total. The number of rotatable bonds is 5. The van der Waals surface area contributed by atoms with Gasteiger partial charge >= 0.3 is 0 Å². The van der Waals surface area contributed by atoms with E-state index in [1.165, 1.54) is 0 Å². The van der Waals surface area contributed by atoms with Crippen molar-refractivity contribution in [2.45, 2.75) is 111 Å². The Balaban J connectivity index is 1.54. The van der Waals surface area contributed by atoms with Crippen LogP contribution in [0, 0.1) is 58.2 Å². The Morgan fingerprint density at radius 1 is 0.875 bits per heavy atom. The molecule has 0 saturated heterocycles. The summed E-state index contributed by atoms with van der Waals surface area (Å²) in [6, 6.07) is 0. The first-order valence-electron chi connectivity index (χ1n) is 13.5. The first-order chi connectivity index (χ1) is 14.9. The van der Waals surface area contributed by atoms with Gasteiger partial charge in [-0.25, -0.2) is 0 Å². The predicted molar refractivity (Wildman–Crippen MR) is 127 cm³/mol. The molecular formula is C28H48O4. The third kappa shape index (κ3) is 3.71. The number of hydrogen-bond donors (Lipinski definition) is 3. The number of aliphatic hydroxyl groups excluding tert-OH is 3. The van der Waals surface area contributed by atoms with Crippen LogP contribution in [0.1, 0.15) is 92.9 Å². The third-order valence-corrected chi connectivity index (χ3v) is 11.6. The zero-order valence-electron chi connectivity index (χ0n) is 21.3. The van der Waals surface area contributed by atoms with Crippen LogP contribution in [0.4, 0.5) is 0 Å². The van der Waals surface area contributed by atoms with Gasteiger partial charge in [0.25, 0.3) is 0 Å². The fourth-order valence-electron chi connectivity index (χ4n) is 9.18. The molecule has 0 radical (unpaired) electrons. The van der Waals surface area contributed by atoms with E-state index in [2.05, 4.69) is 34.6 Å². The Morgan fingerprint density at radius 2 is 1.50 bits per heavy atom. The van der Waals surface area contributed by atoms with E-state index in [-0.39, 0.29) is 34.7 Å². The lowest BCUT2D eigenvalue weighted by molar-refractivity contribution is -0.161. The lowest BCUT2D eigenvalue weighted by Crippen LogP contribution is -2.57. The summed E-state index contributed by atoms with van der Waals surface area (Å²) < 4.78 is 0. The SMILES string of the molecule is CC(C)[C@@H](C)[C@H](O)[C@H](O)[C@@H](C)[C@H]1CC[C@H]2[C@@H]3CC(=O)C4C[C@@H](O)CC[C@]4(C)[C@H]3CC[C@]12C. The highest BCUT2D eigenvalue weighted by atomic mass is 16.3. The summed E-state index contributed by atoms with van der Waals surface area (Å²) in [6.07, 6.45) is 6.05. The van der Waals surface area contributed by atoms with Crippen LogP contribution in [0.3, 0.4) is 0 Å². The fraction of sp³-hybridized carbons (Fsp3) is 0.964. The molecule has 0 amide bonds. The van der Waals surface area contributed by atoms with Crippen molar-refractivity contribution in [3.8, 4) is 0 Å². The topological polar surface area (TPSA) is 77.8 Å². The highest BCUT2D eigenvalue weighted by Gasteiger charge is 2.63. The molecule has 0 heterocycles. The maximum atomic E-state index is 13.3. The molecule has 4 rings (SSSR count). The van der Waals surface area contributed by atoms with Crippen LogP contribution in [0.25, 0.3) is 0 Å². The predicted octanol–water partition coefficient (Wildman–Crippen LogP) is 4.84. The van der Waals surface area contributed by atoms with Crippen molar-refractivity contribution >= 4 is 5.78 Å². The van der Waals surface area contributed by atoms with E-state index in [4.69, 9.17) is 0 Å². The molecular weight excluding hydrogens is 400 g/mol. The van der Waals surface area contributed by atoms with Gasteiger partial charge in [0.15, 0.2) is 0 Å². The summed E-state index contributed by atoms with van der Waals surface area (Å²) >= 11 is 0. The van der Waals surface area contributed by atoms with Crippen LogP contribution in [0.5, 0.6) is 0 Å². The quantitative estimate of drug-likeness (QED) is 0.563. The Morgan fingerprint density at radius 3 is 2.16 bits per heavy atom. The maximum Gasteiger partial charge on any atom is 0.136 e. The molecule has 12 atom stereocenters. The van der Waals surface area contributed by atoms with Gasteiger partial charge in [0, 0.05) is 12.3 Å². The van der Waals surface area contributed by atoms with Crippen LogP contribution in [0.2, 0.25) is 0 Å². The van der Waals surface area contributed by atoms with Crippen molar-refractivity contribution in [2.75, 3.05) is 0 Å². The van der Waals surface area contributed by atoms with E-state index in [9.17, 15) is 20.1 Å². The minimum Gasteiger partial charge on any atom is -0.393 e. The third-order valence-electron chi connectivity index (χ3n) is 11.6. The number of carbonyl (C=O) groups is 1. The largest absolute Gasteiger partial charge is 0.393 e. The smallest absolute Gasteiger partial charge is 0.136 e. The van der Waals surface area contributed by atoms with Gasteiger partial charge in [0.1, 0.15) is 5.78 Å². The first kappa shape index (κ1) is 24.7. The van der Waals surface area contributed by atoms with Crippen molar-refractivity contribution in [1.29, 1.82) is 0 Å². The molecule has 0 spiro atoms. The lowest BCUT2D eigenvalue weighted by Gasteiger charge is -2.60. The second-order valence-electron chi connectivity index (χ2n) is 13.2. The number of Topliss-reactive ketones (excluding diaryl/α,β-unsaturated/α-hetero) is 1. The normalized spacial score (nSPS) is 47.9. The average molecular weight is 449 g/mol. The van der Waals surface area contributed by atoms with Gasteiger partial charge in [-0.3, -0.25) is 4.79 Å². The van der Waals surface area contributed by atoms with Crippen molar-refractivity contribution in [3.63, 3.8) is 0 Å². The van der Waals surface area contributed by atoms with Crippen molar-refractivity contribution in [3.05, 3.63) is 0 Å². The standard InChI is InChI=1S/C28H48O4/c1-15(2)16(3)25(31)26(32)17(4)20-7-8-21-19-14-24(30)23-13-18(29)9-11-28(23,6)22(19)10-12-27(20,21)5/h15-23,25-26,29,31-32H,7-14H2,1-6H3/t16-,17+,18+,19+,20-,21+,22+,23?,25+,26-,27-,28-/m1/s1. The van der Waals surface area contributed by atoms with E-state index in [0.717, 1.165) is 38.5 Å². The summed E-state index contributed by atoms with van der Waals surface area (Å²) in [5.41, 5.74) is 0.187. The molecule has 4 aliphatic carbocycles. The van der Waals surface area contributed by atoms with Gasteiger partial charge in [-0.2, -0.15) is 0 Å². The summed E-state index contributed by atoms with van der Waals surface area (Å²) in [6.45, 7) is 13.2. The van der Waals surface area contributed by atoms with E-state index < -0.39 is 12.2 Å². The summed E-state index contributed by atoms with van der Waals surface area (Å²) in [7, 11) is 0. The highest BCUT2D eigenvalue weighted by molar-refractivity contribution is 5.83. The molecule has 1 unspecified atom stereocenters. The number of carbonyl (C=O) groups excluding carboxylic acids is 1. The van der Waals surface area contributed by atoms with Crippen molar-refractivity contribution < 1.29 is 20.1 Å². The molecule has 4 aliphatic rings. The summed E-state index contributed by atoms with van der Waals surface area (Å²) in [5.74, 6) is 2.88. The van der Waals surface area contributed by atoms with Crippen LogP contribution >= 0.6 is 0 Å². The zero-order chi connectivity index (χ0) is 23.6. The molecule has 3 N–H and O–H groups in total. The molecule has 0 aliphatic heterocycles. The monoisotopic (exact) mass is 448 g/mol. The molecule has 32 heavy (non-hydrogen) atoms. The van der Waals surface area contributed by atoms with Crippen molar-refractivity contribution in [1.82, 2.24) is 0 Å². The lowest BCUT2D eigenvalue weighted by atomic mass is 9.44.